The average molecular weight is 427 g/mol. The van der Waals surface area contributed by atoms with Crippen molar-refractivity contribution in [3.8, 4) is 22.8 Å². The van der Waals surface area contributed by atoms with Crippen LogP contribution in [0, 0.1) is 5.82 Å². The molecule has 1 unspecified atom stereocenters. The molecule has 0 bridgehead atoms. The Balaban J connectivity index is 1.70. The molecule has 156 valence electrons. The lowest BCUT2D eigenvalue weighted by molar-refractivity contribution is -0.120. The molecule has 1 amide bonds. The Morgan fingerprint density at radius 2 is 1.97 bits per heavy atom. The number of amides is 1. The SMILES string of the molecule is CCOc1ccc(-c2nnc(SC(C)C(=O)NC3CC3)n2-c2ccccc2F)cc1. The highest BCUT2D eigenvalue weighted by Gasteiger charge is 2.28. The molecule has 0 radical (unpaired) electrons. The summed E-state index contributed by atoms with van der Waals surface area (Å²) in [4.78, 5) is 12.4. The van der Waals surface area contributed by atoms with Crippen LogP contribution in [0.5, 0.6) is 5.75 Å². The smallest absolute Gasteiger partial charge is 0.233 e. The maximum atomic E-state index is 14.7. The molecule has 1 aliphatic carbocycles. The van der Waals surface area contributed by atoms with E-state index in [-0.39, 0.29) is 23.0 Å². The Morgan fingerprint density at radius 3 is 2.63 bits per heavy atom. The molecular weight excluding hydrogens is 403 g/mol. The Hall–Kier alpha value is -2.87. The van der Waals surface area contributed by atoms with E-state index in [2.05, 4.69) is 15.5 Å². The molecule has 4 rings (SSSR count). The van der Waals surface area contributed by atoms with Gasteiger partial charge in [-0.1, -0.05) is 23.9 Å². The number of halogens is 1. The lowest BCUT2D eigenvalue weighted by Gasteiger charge is -2.14. The molecule has 1 heterocycles. The van der Waals surface area contributed by atoms with Crippen LogP contribution in [-0.4, -0.2) is 38.6 Å². The van der Waals surface area contributed by atoms with Gasteiger partial charge in [-0.25, -0.2) is 4.39 Å². The van der Waals surface area contributed by atoms with Gasteiger partial charge in [0.2, 0.25) is 5.91 Å². The van der Waals surface area contributed by atoms with Crippen molar-refractivity contribution in [2.75, 3.05) is 6.61 Å². The summed E-state index contributed by atoms with van der Waals surface area (Å²) in [5, 5.41) is 11.7. The van der Waals surface area contributed by atoms with Gasteiger partial charge in [0.25, 0.3) is 0 Å². The molecule has 1 N–H and O–H groups in total. The van der Waals surface area contributed by atoms with E-state index in [1.165, 1.54) is 17.8 Å². The summed E-state index contributed by atoms with van der Waals surface area (Å²) in [6.45, 7) is 4.32. The largest absolute Gasteiger partial charge is 0.494 e. The lowest BCUT2D eigenvalue weighted by atomic mass is 10.2. The van der Waals surface area contributed by atoms with Crippen LogP contribution in [0.2, 0.25) is 0 Å². The van der Waals surface area contributed by atoms with Crippen LogP contribution in [0.1, 0.15) is 26.7 Å². The normalized spacial score (nSPS) is 14.4. The lowest BCUT2D eigenvalue weighted by Crippen LogP contribution is -2.32. The summed E-state index contributed by atoms with van der Waals surface area (Å²) in [5.41, 5.74) is 1.11. The number of thioether (sulfide) groups is 1. The molecule has 1 aliphatic rings. The summed E-state index contributed by atoms with van der Waals surface area (Å²) >= 11 is 1.26. The Labute approximate surface area is 178 Å². The second-order valence-corrected chi connectivity index (χ2v) is 8.40. The second kappa shape index (κ2) is 8.87. The van der Waals surface area contributed by atoms with Crippen molar-refractivity contribution in [1.29, 1.82) is 0 Å². The highest BCUT2D eigenvalue weighted by Crippen LogP contribution is 2.32. The van der Waals surface area contributed by atoms with E-state index in [0.717, 1.165) is 24.2 Å². The van der Waals surface area contributed by atoms with Gasteiger partial charge in [0.15, 0.2) is 11.0 Å². The van der Waals surface area contributed by atoms with Gasteiger partial charge < -0.3 is 10.1 Å². The van der Waals surface area contributed by atoms with E-state index in [0.29, 0.717) is 23.3 Å². The van der Waals surface area contributed by atoms with E-state index in [9.17, 15) is 9.18 Å². The van der Waals surface area contributed by atoms with Crippen LogP contribution in [0.3, 0.4) is 0 Å². The molecule has 1 atom stereocenters. The monoisotopic (exact) mass is 426 g/mol. The average Bonchev–Trinajstić information content (AvgIpc) is 3.47. The molecule has 0 saturated heterocycles. The van der Waals surface area contributed by atoms with Crippen LogP contribution < -0.4 is 10.1 Å². The maximum Gasteiger partial charge on any atom is 0.233 e. The van der Waals surface area contributed by atoms with Crippen molar-refractivity contribution < 1.29 is 13.9 Å². The molecule has 3 aromatic rings. The third-order valence-corrected chi connectivity index (χ3v) is 5.77. The van der Waals surface area contributed by atoms with E-state index < -0.39 is 0 Å². The summed E-state index contributed by atoms with van der Waals surface area (Å²) in [6, 6.07) is 14.2. The molecule has 0 aliphatic heterocycles. The summed E-state index contributed by atoms with van der Waals surface area (Å²) < 4.78 is 21.8. The highest BCUT2D eigenvalue weighted by molar-refractivity contribution is 8.00. The van der Waals surface area contributed by atoms with E-state index >= 15 is 0 Å². The quantitative estimate of drug-likeness (QED) is 0.546. The second-order valence-electron chi connectivity index (χ2n) is 7.09. The van der Waals surface area contributed by atoms with Crippen molar-refractivity contribution in [3.63, 3.8) is 0 Å². The van der Waals surface area contributed by atoms with Crippen molar-refractivity contribution in [3.05, 3.63) is 54.3 Å². The van der Waals surface area contributed by atoms with Crippen molar-refractivity contribution in [1.82, 2.24) is 20.1 Å². The summed E-state index contributed by atoms with van der Waals surface area (Å²) in [6.07, 6.45) is 2.05. The third kappa shape index (κ3) is 4.48. The van der Waals surface area contributed by atoms with Gasteiger partial charge in [0.05, 0.1) is 17.5 Å². The number of nitrogens with one attached hydrogen (secondary N) is 1. The molecule has 6 nitrogen and oxygen atoms in total. The van der Waals surface area contributed by atoms with E-state index in [1.54, 1.807) is 22.8 Å². The van der Waals surface area contributed by atoms with Crippen LogP contribution in [-0.2, 0) is 4.79 Å². The van der Waals surface area contributed by atoms with E-state index in [1.807, 2.05) is 38.1 Å². The number of ether oxygens (including phenoxy) is 1. The van der Waals surface area contributed by atoms with Crippen molar-refractivity contribution in [2.45, 2.75) is 43.1 Å². The fraction of sp³-hybridized carbons (Fsp3) is 0.318. The minimum Gasteiger partial charge on any atom is -0.494 e. The number of para-hydroxylation sites is 1. The molecule has 8 heteroatoms. The molecule has 1 fully saturated rings. The van der Waals surface area contributed by atoms with Gasteiger partial charge >= 0.3 is 0 Å². The Morgan fingerprint density at radius 1 is 1.23 bits per heavy atom. The molecule has 2 aromatic carbocycles. The van der Waals surface area contributed by atoms with Crippen LogP contribution >= 0.6 is 11.8 Å². The van der Waals surface area contributed by atoms with Crippen molar-refractivity contribution in [2.24, 2.45) is 0 Å². The Bertz CT molecular complexity index is 1030. The number of rotatable bonds is 8. The van der Waals surface area contributed by atoms with Crippen LogP contribution in [0.4, 0.5) is 4.39 Å². The van der Waals surface area contributed by atoms with Gasteiger partial charge in [-0.2, -0.15) is 0 Å². The Kier molecular flexibility index (Phi) is 6.03. The first kappa shape index (κ1) is 20.4. The number of benzene rings is 2. The first-order valence-corrected chi connectivity index (χ1v) is 10.9. The summed E-state index contributed by atoms with van der Waals surface area (Å²) in [5.74, 6) is 0.813. The predicted molar refractivity (Wildman–Crippen MR) is 114 cm³/mol. The number of hydrogen-bond acceptors (Lipinski definition) is 5. The zero-order valence-corrected chi connectivity index (χ0v) is 17.7. The molecular formula is C22H23FN4O2S. The van der Waals surface area contributed by atoms with Gasteiger partial charge in [-0.3, -0.25) is 9.36 Å². The predicted octanol–water partition coefficient (Wildman–Crippen LogP) is 4.23. The number of hydrogen-bond donors (Lipinski definition) is 1. The van der Waals surface area contributed by atoms with Crippen LogP contribution in [0.15, 0.2) is 53.7 Å². The fourth-order valence-corrected chi connectivity index (χ4v) is 3.88. The molecule has 1 aromatic heterocycles. The van der Waals surface area contributed by atoms with E-state index in [4.69, 9.17) is 4.74 Å². The topological polar surface area (TPSA) is 69.0 Å². The number of carbonyl (C=O) groups is 1. The minimum atomic E-state index is -0.388. The summed E-state index contributed by atoms with van der Waals surface area (Å²) in [7, 11) is 0. The standard InChI is InChI=1S/C22H23FN4O2S/c1-3-29-17-12-8-15(9-13-17)20-25-26-22(27(20)19-7-5-4-6-18(19)23)30-14(2)21(28)24-16-10-11-16/h4-9,12-14,16H,3,10-11H2,1-2H3,(H,24,28). The number of aromatic nitrogens is 3. The number of carbonyl (C=O) groups excluding carboxylic acids is 1. The highest BCUT2D eigenvalue weighted by atomic mass is 32.2. The molecule has 1 saturated carbocycles. The first-order valence-electron chi connectivity index (χ1n) is 9.97. The first-order chi connectivity index (χ1) is 14.6. The fourth-order valence-electron chi connectivity index (χ4n) is 3.01. The minimum absolute atomic E-state index is 0.0480. The zero-order valence-electron chi connectivity index (χ0n) is 16.8. The van der Waals surface area contributed by atoms with Crippen LogP contribution in [0.25, 0.3) is 17.1 Å². The van der Waals surface area contributed by atoms with Gasteiger partial charge in [0, 0.05) is 11.6 Å². The van der Waals surface area contributed by atoms with Gasteiger partial charge in [-0.15, -0.1) is 10.2 Å². The third-order valence-electron chi connectivity index (χ3n) is 4.73. The van der Waals surface area contributed by atoms with Gasteiger partial charge in [0.1, 0.15) is 11.6 Å². The number of nitrogens with zero attached hydrogens (tertiary/aromatic N) is 3. The van der Waals surface area contributed by atoms with Crippen molar-refractivity contribution >= 4 is 17.7 Å². The molecule has 0 spiro atoms. The molecule has 30 heavy (non-hydrogen) atoms. The zero-order chi connectivity index (χ0) is 21.1. The van der Waals surface area contributed by atoms with Gasteiger partial charge in [-0.05, 0) is 63.1 Å². The maximum absolute atomic E-state index is 14.7.